The van der Waals surface area contributed by atoms with Gasteiger partial charge >= 0.3 is 0 Å². The monoisotopic (exact) mass is 214 g/mol. The summed E-state index contributed by atoms with van der Waals surface area (Å²) in [6.07, 6.45) is 10.8. The summed E-state index contributed by atoms with van der Waals surface area (Å²) in [5.41, 5.74) is 0. The van der Waals surface area contributed by atoms with Crippen LogP contribution in [0.5, 0.6) is 0 Å². The van der Waals surface area contributed by atoms with Gasteiger partial charge in [-0.05, 0) is 27.9 Å². The predicted molar refractivity (Wildman–Crippen MR) is 55.7 cm³/mol. The van der Waals surface area contributed by atoms with Crippen molar-refractivity contribution in [2.24, 2.45) is 0 Å². The maximum atomic E-state index is 8.33. The van der Waals surface area contributed by atoms with Crippen LogP contribution >= 0.6 is 0 Å². The summed E-state index contributed by atoms with van der Waals surface area (Å²) in [6, 6.07) is 0. The lowest BCUT2D eigenvalue weighted by molar-refractivity contribution is -0.415. The molecule has 0 rings (SSSR count). The fourth-order valence-corrected chi connectivity index (χ4v) is 0. The van der Waals surface area contributed by atoms with Crippen molar-refractivity contribution in [2.75, 3.05) is 37.5 Å². The van der Waals surface area contributed by atoms with Crippen molar-refractivity contribution in [2.45, 2.75) is 0 Å². The lowest BCUT2D eigenvalue weighted by Gasteiger charge is -1.96. The Balaban J connectivity index is -0.000000101. The Bertz CT molecular complexity index is 79.1. The molecule has 0 bridgehead atoms. The molecule has 0 saturated carbocycles. The lowest BCUT2D eigenvalue weighted by atomic mass is 11.5. The van der Waals surface area contributed by atoms with Gasteiger partial charge in [-0.3, -0.25) is 0 Å². The van der Waals surface area contributed by atoms with E-state index >= 15 is 0 Å². The van der Waals surface area contributed by atoms with Gasteiger partial charge in [0.15, 0.2) is 0 Å². The Hall–Kier alpha value is -0.0300. The van der Waals surface area contributed by atoms with Crippen LogP contribution < -0.4 is 10.2 Å². The fraction of sp³-hybridized carbons (Fsp3) is 0.857. The van der Waals surface area contributed by atoms with Crippen molar-refractivity contribution >= 4 is 27.9 Å². The Kier molecular flexibility index (Phi) is 20.2. The molecule has 0 radical (unpaired) electrons. The standard InChI is InChI=1S/2C3H9S.CH2O3/c2*1-4(2)3;2-1(3)4/h2*1-3H3;(H2,2,3,4)/q2*+1;/p-2. The highest BCUT2D eigenvalue weighted by Gasteiger charge is 1.78. The maximum Gasteiger partial charge on any atom is 0.0969 e. The topological polar surface area (TPSA) is 63.2 Å². The van der Waals surface area contributed by atoms with E-state index in [1.54, 1.807) is 0 Å². The molecular weight excluding hydrogens is 196 g/mol. The molecule has 12 heavy (non-hydrogen) atoms. The van der Waals surface area contributed by atoms with Crippen LogP contribution in [0, 0.1) is 0 Å². The van der Waals surface area contributed by atoms with E-state index in [9.17, 15) is 0 Å². The molecule has 5 heteroatoms. The number of carboxylic acid groups (broad SMARTS) is 2. The number of hydrogen-bond acceptors (Lipinski definition) is 3. The van der Waals surface area contributed by atoms with Crippen molar-refractivity contribution in [1.29, 1.82) is 0 Å². The molecule has 76 valence electrons. The third-order valence-electron chi connectivity index (χ3n) is 0. The van der Waals surface area contributed by atoms with Crippen LogP contribution in [-0.4, -0.2) is 43.7 Å². The van der Waals surface area contributed by atoms with Gasteiger partial charge in [0.2, 0.25) is 0 Å². The maximum absolute atomic E-state index is 8.33. The van der Waals surface area contributed by atoms with Crippen LogP contribution in [0.3, 0.4) is 0 Å². The second-order valence-corrected chi connectivity index (χ2v) is 7.60. The van der Waals surface area contributed by atoms with Crippen molar-refractivity contribution in [1.82, 2.24) is 0 Å². The molecule has 0 aromatic heterocycles. The van der Waals surface area contributed by atoms with Crippen molar-refractivity contribution < 1.29 is 15.0 Å². The van der Waals surface area contributed by atoms with E-state index in [1.165, 1.54) is 0 Å². The average molecular weight is 214 g/mol. The Morgan fingerprint density at radius 2 is 0.833 bits per heavy atom. The molecule has 0 spiro atoms. The molecule has 0 N–H and O–H groups in total. The quantitative estimate of drug-likeness (QED) is 0.463. The highest BCUT2D eigenvalue weighted by Crippen LogP contribution is 1.64. The molecule has 0 aliphatic carbocycles. The second-order valence-electron chi connectivity index (χ2n) is 2.70. The fourth-order valence-electron chi connectivity index (χ4n) is 0. The van der Waals surface area contributed by atoms with Gasteiger partial charge in [0.1, 0.15) is 0 Å². The van der Waals surface area contributed by atoms with Crippen LogP contribution in [0.25, 0.3) is 0 Å². The van der Waals surface area contributed by atoms with E-state index in [1.807, 2.05) is 0 Å². The zero-order valence-electron chi connectivity index (χ0n) is 8.54. The summed E-state index contributed by atoms with van der Waals surface area (Å²) < 4.78 is 0. The van der Waals surface area contributed by atoms with Crippen molar-refractivity contribution in [3.63, 3.8) is 0 Å². The summed E-state index contributed by atoms with van der Waals surface area (Å²) in [6.45, 7) is 0. The smallest absolute Gasteiger partial charge is 0.0969 e. The Morgan fingerprint density at radius 1 is 0.833 bits per heavy atom. The molecule has 0 aromatic rings. The molecule has 0 saturated heterocycles. The molecular formula is C7H18O3S2. The minimum absolute atomic E-state index is 0.639. The molecule has 0 fully saturated rings. The summed E-state index contributed by atoms with van der Waals surface area (Å²) in [7, 11) is 1.28. The highest BCUT2D eigenvalue weighted by atomic mass is 32.2. The van der Waals surface area contributed by atoms with Crippen LogP contribution in [0.2, 0.25) is 0 Å². The van der Waals surface area contributed by atoms with Gasteiger partial charge in [-0.15, -0.1) is 0 Å². The molecule has 3 nitrogen and oxygen atoms in total. The van der Waals surface area contributed by atoms with Gasteiger partial charge in [-0.25, -0.2) is 0 Å². The first-order chi connectivity index (χ1) is 5.20. The van der Waals surface area contributed by atoms with E-state index in [-0.39, 0.29) is 0 Å². The number of carbonyl (C=O) groups excluding carboxylic acids is 1. The molecule has 0 atom stereocenters. The minimum Gasteiger partial charge on any atom is -0.652 e. The lowest BCUT2D eigenvalue weighted by Crippen LogP contribution is -2.37. The molecule has 0 aliphatic rings. The van der Waals surface area contributed by atoms with Crippen molar-refractivity contribution in [3.8, 4) is 0 Å². The van der Waals surface area contributed by atoms with E-state index in [4.69, 9.17) is 15.0 Å². The zero-order valence-corrected chi connectivity index (χ0v) is 10.2. The molecule has 0 heterocycles. The Labute approximate surface area is 80.9 Å². The van der Waals surface area contributed by atoms with E-state index in [2.05, 4.69) is 37.5 Å². The van der Waals surface area contributed by atoms with Crippen LogP contribution in [0.1, 0.15) is 0 Å². The van der Waals surface area contributed by atoms with Gasteiger partial charge in [0.05, 0.1) is 37.5 Å². The van der Waals surface area contributed by atoms with E-state index in [0.29, 0.717) is 21.8 Å². The van der Waals surface area contributed by atoms with Gasteiger partial charge in [0, 0.05) is 0 Å². The highest BCUT2D eigenvalue weighted by molar-refractivity contribution is 7.95. The SMILES string of the molecule is C[S+](C)C.C[S+](C)C.O=C([O-])[O-]. The van der Waals surface area contributed by atoms with Crippen LogP contribution in [-0.2, 0) is 21.8 Å². The minimum atomic E-state index is -2.33. The van der Waals surface area contributed by atoms with Gasteiger partial charge < -0.3 is 15.0 Å². The van der Waals surface area contributed by atoms with Crippen LogP contribution in [0.15, 0.2) is 0 Å². The van der Waals surface area contributed by atoms with Crippen LogP contribution in [0.4, 0.5) is 4.79 Å². The normalized spacial score (nSPS) is 8.00. The second kappa shape index (κ2) is 13.6. The zero-order chi connectivity index (χ0) is 10.7. The average Bonchev–Trinajstić information content (AvgIpc) is 1.54. The number of carbonyl (C=O) groups is 1. The molecule has 0 aliphatic heterocycles. The third kappa shape index (κ3) is 891000. The Morgan fingerprint density at radius 3 is 0.833 bits per heavy atom. The number of rotatable bonds is 0. The largest absolute Gasteiger partial charge is 0.652 e. The van der Waals surface area contributed by atoms with Gasteiger partial charge in [-0.2, -0.15) is 0 Å². The van der Waals surface area contributed by atoms with E-state index in [0.717, 1.165) is 0 Å². The van der Waals surface area contributed by atoms with Crippen molar-refractivity contribution in [3.05, 3.63) is 0 Å². The third-order valence-corrected chi connectivity index (χ3v) is 0. The van der Waals surface area contributed by atoms with Gasteiger partial charge in [-0.1, -0.05) is 0 Å². The molecule has 0 amide bonds. The summed E-state index contributed by atoms with van der Waals surface area (Å²) in [5, 5.41) is 16.7. The summed E-state index contributed by atoms with van der Waals surface area (Å²) >= 11 is 0. The summed E-state index contributed by atoms with van der Waals surface area (Å²) in [5.74, 6) is 0. The predicted octanol–water partition coefficient (Wildman–Crippen LogP) is -1.46. The van der Waals surface area contributed by atoms with E-state index < -0.39 is 6.16 Å². The summed E-state index contributed by atoms with van der Waals surface area (Å²) in [4.78, 5) is 8.33. The first-order valence-electron chi connectivity index (χ1n) is 3.06. The molecule has 0 unspecified atom stereocenters. The molecule has 0 aromatic carbocycles. The van der Waals surface area contributed by atoms with Gasteiger partial charge in [0.25, 0.3) is 0 Å². The first kappa shape index (κ1) is 17.9. The first-order valence-corrected chi connectivity index (χ1v) is 7.96. The number of hydrogen-bond donors (Lipinski definition) is 0.